The van der Waals surface area contributed by atoms with E-state index in [1.807, 2.05) is 0 Å². The highest BCUT2D eigenvalue weighted by Gasteiger charge is 2.79. The molecule has 1 aliphatic carbocycles. The van der Waals surface area contributed by atoms with Crippen LogP contribution in [0.15, 0.2) is 48.5 Å². The first-order valence-corrected chi connectivity index (χ1v) is 12.1. The van der Waals surface area contributed by atoms with Gasteiger partial charge in [-0.2, -0.15) is 0 Å². The Hall–Kier alpha value is -2.04. The van der Waals surface area contributed by atoms with Crippen molar-refractivity contribution in [2.45, 2.75) is 62.3 Å². The lowest BCUT2D eigenvalue weighted by atomic mass is 9.50. The van der Waals surface area contributed by atoms with Gasteiger partial charge in [-0.05, 0) is 67.9 Å². The molecule has 0 aromatic heterocycles. The third-order valence-corrected chi connectivity index (χ3v) is 9.57. The number of benzene rings is 2. The van der Waals surface area contributed by atoms with Gasteiger partial charge in [0.05, 0.1) is 12.5 Å². The van der Waals surface area contributed by atoms with Crippen LogP contribution in [0.5, 0.6) is 5.75 Å². The first kappa shape index (κ1) is 18.5. The zero-order valence-electron chi connectivity index (χ0n) is 18.5. The van der Waals surface area contributed by atoms with E-state index in [1.165, 1.54) is 62.9 Å². The summed E-state index contributed by atoms with van der Waals surface area (Å²) >= 11 is 0. The fourth-order valence-corrected chi connectivity index (χ4v) is 8.62. The summed E-state index contributed by atoms with van der Waals surface area (Å²) in [5.74, 6) is 0.927. The fourth-order valence-electron chi connectivity index (χ4n) is 8.62. The van der Waals surface area contributed by atoms with E-state index in [2.05, 4.69) is 58.3 Å². The number of hydrogen-bond donors (Lipinski definition) is 0. The number of ether oxygens (including phenoxy) is 2. The second-order valence-corrected chi connectivity index (χ2v) is 10.4. The monoisotopic (exact) mass is 416 g/mol. The number of methoxy groups -OCH3 is 1. The van der Waals surface area contributed by atoms with Crippen molar-refractivity contribution in [3.05, 3.63) is 59.7 Å². The molecule has 1 saturated carbocycles. The van der Waals surface area contributed by atoms with Gasteiger partial charge in [-0.25, -0.2) is 0 Å². The van der Waals surface area contributed by atoms with Crippen molar-refractivity contribution < 1.29 is 9.47 Å². The van der Waals surface area contributed by atoms with Crippen molar-refractivity contribution >= 4 is 5.69 Å². The maximum absolute atomic E-state index is 7.00. The molecule has 2 spiro atoms. The number of fused-ring (bicyclic) bond motifs is 1. The molecule has 31 heavy (non-hydrogen) atoms. The topological polar surface area (TPSA) is 24.9 Å². The average Bonchev–Trinajstić information content (AvgIpc) is 3.45. The number of anilines is 1. The minimum atomic E-state index is -0.0913. The Kier molecular flexibility index (Phi) is 3.74. The maximum Gasteiger partial charge on any atom is 0.139 e. The zero-order valence-corrected chi connectivity index (χ0v) is 18.5. The van der Waals surface area contributed by atoms with Gasteiger partial charge in [-0.15, -0.1) is 0 Å². The molecular weight excluding hydrogens is 384 g/mol. The van der Waals surface area contributed by atoms with E-state index in [1.54, 1.807) is 12.7 Å². The molecule has 2 aromatic rings. The molecule has 1 unspecified atom stereocenters. The van der Waals surface area contributed by atoms with Gasteiger partial charge in [0.15, 0.2) is 0 Å². The SMILES string of the molecule is COc1ccc(CN2c3ccccc3[C@@]34CCN5CCC[C@]6(CCOC563)CC[C@@H]24)cc1. The molecule has 4 aliphatic heterocycles. The molecule has 0 N–H and O–H groups in total. The Morgan fingerprint density at radius 2 is 1.87 bits per heavy atom. The molecule has 0 amide bonds. The van der Waals surface area contributed by atoms with E-state index >= 15 is 0 Å². The summed E-state index contributed by atoms with van der Waals surface area (Å²) in [6.07, 6.45) is 7.75. The first-order valence-electron chi connectivity index (χ1n) is 12.1. The predicted octanol–water partition coefficient (Wildman–Crippen LogP) is 4.72. The quantitative estimate of drug-likeness (QED) is 0.723. The van der Waals surface area contributed by atoms with Crippen LogP contribution in [-0.4, -0.2) is 43.5 Å². The number of para-hydroxylation sites is 1. The number of nitrogens with zero attached hydrogens (tertiary/aromatic N) is 2. The van der Waals surface area contributed by atoms with Crippen molar-refractivity contribution in [1.29, 1.82) is 0 Å². The van der Waals surface area contributed by atoms with Crippen molar-refractivity contribution in [3.8, 4) is 5.75 Å². The van der Waals surface area contributed by atoms with E-state index in [0.717, 1.165) is 18.9 Å². The van der Waals surface area contributed by atoms with Crippen LogP contribution < -0.4 is 9.64 Å². The molecule has 4 atom stereocenters. The summed E-state index contributed by atoms with van der Waals surface area (Å²) in [7, 11) is 1.74. The maximum atomic E-state index is 7.00. The highest BCUT2D eigenvalue weighted by molar-refractivity contribution is 5.68. The molecule has 4 fully saturated rings. The van der Waals surface area contributed by atoms with Crippen LogP contribution in [-0.2, 0) is 16.7 Å². The summed E-state index contributed by atoms with van der Waals surface area (Å²) in [4.78, 5) is 5.51. The first-order chi connectivity index (χ1) is 15.2. The Labute approximate surface area is 185 Å². The minimum Gasteiger partial charge on any atom is -0.497 e. The normalized spacial score (nSPS) is 37.8. The van der Waals surface area contributed by atoms with Gasteiger partial charge in [-0.1, -0.05) is 30.3 Å². The highest BCUT2D eigenvalue weighted by atomic mass is 16.5. The molecule has 162 valence electrons. The van der Waals surface area contributed by atoms with Crippen LogP contribution in [0.4, 0.5) is 5.69 Å². The van der Waals surface area contributed by atoms with E-state index in [-0.39, 0.29) is 11.1 Å². The molecule has 0 radical (unpaired) electrons. The van der Waals surface area contributed by atoms with E-state index in [4.69, 9.17) is 9.47 Å². The van der Waals surface area contributed by atoms with Crippen molar-refractivity contribution in [1.82, 2.24) is 4.90 Å². The zero-order chi connectivity index (χ0) is 20.7. The number of hydrogen-bond acceptors (Lipinski definition) is 4. The van der Waals surface area contributed by atoms with E-state index in [0.29, 0.717) is 11.5 Å². The average molecular weight is 417 g/mol. The largest absolute Gasteiger partial charge is 0.497 e. The third kappa shape index (κ3) is 2.05. The Morgan fingerprint density at radius 1 is 1.00 bits per heavy atom. The van der Waals surface area contributed by atoms with Gasteiger partial charge >= 0.3 is 0 Å². The highest BCUT2D eigenvalue weighted by Crippen LogP contribution is 2.73. The van der Waals surface area contributed by atoms with Gasteiger partial charge in [0.25, 0.3) is 0 Å². The Bertz CT molecular complexity index is 1020. The molecule has 4 nitrogen and oxygen atoms in total. The van der Waals surface area contributed by atoms with Gasteiger partial charge < -0.3 is 14.4 Å². The third-order valence-electron chi connectivity index (χ3n) is 9.57. The summed E-state index contributed by atoms with van der Waals surface area (Å²) in [6, 6.07) is 18.4. The van der Waals surface area contributed by atoms with Crippen molar-refractivity contribution in [2.24, 2.45) is 5.41 Å². The standard InChI is InChI=1S/C27H32N2O2/c1-30-21-9-7-20(8-10-21)19-29-23-6-3-2-5-22(23)26-14-17-28-16-4-12-25(13-11-24(26)29)15-18-31-27(25,26)28/h2-3,5-10,24H,4,11-19H2,1H3/t24-,25-,26-,27?/m1/s1. The molecule has 0 bridgehead atoms. The van der Waals surface area contributed by atoms with Crippen LogP contribution >= 0.6 is 0 Å². The van der Waals surface area contributed by atoms with Gasteiger partial charge in [0.1, 0.15) is 11.5 Å². The second kappa shape index (κ2) is 6.26. The van der Waals surface area contributed by atoms with Gasteiger partial charge in [0, 0.05) is 43.4 Å². The predicted molar refractivity (Wildman–Crippen MR) is 121 cm³/mol. The van der Waals surface area contributed by atoms with Crippen LogP contribution in [0.1, 0.15) is 49.7 Å². The summed E-state index contributed by atoms with van der Waals surface area (Å²) in [5.41, 5.74) is 4.71. The van der Waals surface area contributed by atoms with Crippen molar-refractivity contribution in [2.75, 3.05) is 31.7 Å². The Balaban J connectivity index is 1.38. The molecule has 2 aromatic carbocycles. The molecule has 4 heterocycles. The second-order valence-electron chi connectivity index (χ2n) is 10.4. The van der Waals surface area contributed by atoms with Gasteiger partial charge in [0.2, 0.25) is 0 Å². The lowest BCUT2D eigenvalue weighted by Crippen LogP contribution is -2.72. The number of rotatable bonds is 3. The molecular formula is C27H32N2O2. The van der Waals surface area contributed by atoms with Gasteiger partial charge in [-0.3, -0.25) is 4.90 Å². The van der Waals surface area contributed by atoms with Crippen LogP contribution in [0, 0.1) is 5.41 Å². The number of piperidine rings is 1. The molecule has 4 heteroatoms. The molecule has 3 saturated heterocycles. The molecule has 7 rings (SSSR count). The van der Waals surface area contributed by atoms with E-state index in [9.17, 15) is 0 Å². The summed E-state index contributed by atoms with van der Waals surface area (Å²) in [6.45, 7) is 4.28. The van der Waals surface area contributed by atoms with Crippen LogP contribution in [0.2, 0.25) is 0 Å². The summed E-state index contributed by atoms with van der Waals surface area (Å²) < 4.78 is 12.4. The van der Waals surface area contributed by atoms with Crippen LogP contribution in [0.25, 0.3) is 0 Å². The lowest BCUT2D eigenvalue weighted by molar-refractivity contribution is -0.232. The summed E-state index contributed by atoms with van der Waals surface area (Å²) in [5, 5.41) is 0. The minimum absolute atomic E-state index is 0.0913. The Morgan fingerprint density at radius 3 is 2.74 bits per heavy atom. The molecule has 5 aliphatic rings. The van der Waals surface area contributed by atoms with Crippen molar-refractivity contribution in [3.63, 3.8) is 0 Å². The van der Waals surface area contributed by atoms with E-state index < -0.39 is 0 Å². The smallest absolute Gasteiger partial charge is 0.139 e. The van der Waals surface area contributed by atoms with Crippen LogP contribution in [0.3, 0.4) is 0 Å². The fraction of sp³-hybridized carbons (Fsp3) is 0.556. The lowest BCUT2D eigenvalue weighted by Gasteiger charge is -2.63.